The summed E-state index contributed by atoms with van der Waals surface area (Å²) in [6.07, 6.45) is 2.70. The van der Waals surface area contributed by atoms with E-state index in [1.165, 1.54) is 6.42 Å². The summed E-state index contributed by atoms with van der Waals surface area (Å²) in [5.41, 5.74) is 0. The number of hydrogen-bond donors (Lipinski definition) is 0. The van der Waals surface area contributed by atoms with Gasteiger partial charge in [-0.3, -0.25) is 4.79 Å². The molecular weight excluding hydrogens is 266 g/mol. The number of hydrogen-bond acceptors (Lipinski definition) is 3. The molecule has 0 aromatic carbocycles. The Bertz CT molecular complexity index is 500. The highest BCUT2D eigenvalue weighted by Gasteiger charge is 2.36. The summed E-state index contributed by atoms with van der Waals surface area (Å²) in [7, 11) is 0. The SMILES string of the molecule is C[C@@H]1CN(C(=O)CCc2ccc([C@@H]3C[C@H]3C)o2)C[C@@H](C)O1. The monoisotopic (exact) mass is 291 g/mol. The Morgan fingerprint density at radius 2 is 1.90 bits per heavy atom. The molecule has 0 N–H and O–H groups in total. The zero-order chi connectivity index (χ0) is 15.0. The van der Waals surface area contributed by atoms with Crippen LogP contribution in [0.5, 0.6) is 0 Å². The van der Waals surface area contributed by atoms with Crippen LogP contribution in [0.1, 0.15) is 51.1 Å². The molecule has 1 aliphatic heterocycles. The molecule has 1 aromatic heterocycles. The fourth-order valence-corrected chi connectivity index (χ4v) is 3.22. The third kappa shape index (κ3) is 3.49. The smallest absolute Gasteiger partial charge is 0.223 e. The van der Waals surface area contributed by atoms with Gasteiger partial charge in [-0.15, -0.1) is 0 Å². The van der Waals surface area contributed by atoms with Crippen molar-refractivity contribution < 1.29 is 13.9 Å². The van der Waals surface area contributed by atoms with Gasteiger partial charge in [0.1, 0.15) is 11.5 Å². The minimum atomic E-state index is 0.129. The van der Waals surface area contributed by atoms with Gasteiger partial charge in [0, 0.05) is 31.8 Å². The summed E-state index contributed by atoms with van der Waals surface area (Å²) in [6.45, 7) is 7.69. The van der Waals surface area contributed by atoms with Crippen LogP contribution in [0.15, 0.2) is 16.5 Å². The fourth-order valence-electron chi connectivity index (χ4n) is 3.22. The molecule has 2 aliphatic rings. The van der Waals surface area contributed by atoms with Crippen molar-refractivity contribution in [2.45, 2.75) is 58.2 Å². The molecule has 0 unspecified atom stereocenters. The van der Waals surface area contributed by atoms with E-state index < -0.39 is 0 Å². The normalized spacial score (nSPS) is 32.2. The molecule has 1 aliphatic carbocycles. The molecule has 2 heterocycles. The number of carbonyl (C=O) groups excluding carboxylic acids is 1. The van der Waals surface area contributed by atoms with Gasteiger partial charge in [0.05, 0.1) is 12.2 Å². The van der Waals surface area contributed by atoms with Crippen molar-refractivity contribution >= 4 is 5.91 Å². The van der Waals surface area contributed by atoms with Crippen molar-refractivity contribution in [2.75, 3.05) is 13.1 Å². The maximum atomic E-state index is 12.3. The lowest BCUT2D eigenvalue weighted by Gasteiger charge is -2.35. The van der Waals surface area contributed by atoms with Crippen LogP contribution < -0.4 is 0 Å². The number of nitrogens with zero attached hydrogens (tertiary/aromatic N) is 1. The third-order valence-corrected chi connectivity index (χ3v) is 4.51. The van der Waals surface area contributed by atoms with Gasteiger partial charge in [0.2, 0.25) is 5.91 Å². The molecule has 116 valence electrons. The van der Waals surface area contributed by atoms with Crippen LogP contribution >= 0.6 is 0 Å². The van der Waals surface area contributed by atoms with Gasteiger partial charge in [-0.25, -0.2) is 0 Å². The quantitative estimate of drug-likeness (QED) is 0.856. The molecule has 2 fully saturated rings. The zero-order valence-corrected chi connectivity index (χ0v) is 13.2. The van der Waals surface area contributed by atoms with Crippen LogP contribution in [0.25, 0.3) is 0 Å². The molecular formula is C17H25NO3. The lowest BCUT2D eigenvalue weighted by atomic mass is 10.2. The third-order valence-electron chi connectivity index (χ3n) is 4.51. The van der Waals surface area contributed by atoms with Crippen LogP contribution in [0.2, 0.25) is 0 Å². The van der Waals surface area contributed by atoms with E-state index in [1.807, 2.05) is 24.8 Å². The van der Waals surface area contributed by atoms with E-state index >= 15 is 0 Å². The van der Waals surface area contributed by atoms with E-state index in [4.69, 9.17) is 9.15 Å². The molecule has 4 nitrogen and oxygen atoms in total. The molecule has 1 aromatic rings. The van der Waals surface area contributed by atoms with Gasteiger partial charge in [0.15, 0.2) is 0 Å². The van der Waals surface area contributed by atoms with Gasteiger partial charge in [-0.2, -0.15) is 0 Å². The molecule has 4 atom stereocenters. The van der Waals surface area contributed by atoms with Crippen molar-refractivity contribution in [3.05, 3.63) is 23.7 Å². The molecule has 0 spiro atoms. The second-order valence-electron chi connectivity index (χ2n) is 6.68. The number of carbonyl (C=O) groups is 1. The van der Waals surface area contributed by atoms with Crippen LogP contribution in [0, 0.1) is 5.92 Å². The number of rotatable bonds is 4. The Morgan fingerprint density at radius 3 is 2.52 bits per heavy atom. The first kappa shape index (κ1) is 14.6. The average Bonchev–Trinajstić information content (AvgIpc) is 2.98. The van der Waals surface area contributed by atoms with Crippen molar-refractivity contribution in [1.82, 2.24) is 4.90 Å². The standard InChI is InChI=1S/C17H25NO3/c1-11-8-15(11)16-6-4-14(21-16)5-7-17(19)18-9-12(2)20-13(3)10-18/h4,6,11-13,15H,5,7-10H2,1-3H3/t11-,12-,13-,15-/m1/s1. The molecule has 21 heavy (non-hydrogen) atoms. The average molecular weight is 291 g/mol. The molecule has 4 heteroatoms. The van der Waals surface area contributed by atoms with Crippen molar-refractivity contribution in [3.8, 4) is 0 Å². The molecule has 0 radical (unpaired) electrons. The highest BCUT2D eigenvalue weighted by molar-refractivity contribution is 5.76. The highest BCUT2D eigenvalue weighted by atomic mass is 16.5. The summed E-state index contributed by atoms with van der Waals surface area (Å²) in [4.78, 5) is 14.2. The maximum Gasteiger partial charge on any atom is 0.223 e. The molecule has 1 amide bonds. The summed E-state index contributed by atoms with van der Waals surface area (Å²) in [5, 5.41) is 0. The van der Waals surface area contributed by atoms with Gasteiger partial charge in [-0.1, -0.05) is 6.92 Å². The zero-order valence-electron chi connectivity index (χ0n) is 13.2. The van der Waals surface area contributed by atoms with Crippen LogP contribution in [-0.2, 0) is 16.0 Å². The Kier molecular flexibility index (Phi) is 4.07. The fraction of sp³-hybridized carbons (Fsp3) is 0.706. The maximum absolute atomic E-state index is 12.3. The van der Waals surface area contributed by atoms with Crippen LogP contribution in [0.3, 0.4) is 0 Å². The van der Waals surface area contributed by atoms with Gasteiger partial charge < -0.3 is 14.1 Å². The number of furan rings is 1. The van der Waals surface area contributed by atoms with E-state index in [1.54, 1.807) is 0 Å². The second-order valence-corrected chi connectivity index (χ2v) is 6.68. The molecule has 1 saturated carbocycles. The summed E-state index contributed by atoms with van der Waals surface area (Å²) >= 11 is 0. The van der Waals surface area contributed by atoms with Gasteiger partial charge >= 0.3 is 0 Å². The van der Waals surface area contributed by atoms with Crippen LogP contribution in [-0.4, -0.2) is 36.1 Å². The minimum absolute atomic E-state index is 0.129. The molecule has 0 bridgehead atoms. The number of morpholine rings is 1. The van der Waals surface area contributed by atoms with Crippen molar-refractivity contribution in [1.29, 1.82) is 0 Å². The van der Waals surface area contributed by atoms with Crippen molar-refractivity contribution in [3.63, 3.8) is 0 Å². The highest BCUT2D eigenvalue weighted by Crippen LogP contribution is 2.47. The largest absolute Gasteiger partial charge is 0.466 e. The topological polar surface area (TPSA) is 42.7 Å². The number of aryl methyl sites for hydroxylation is 1. The van der Waals surface area contributed by atoms with E-state index in [-0.39, 0.29) is 18.1 Å². The Balaban J connectivity index is 1.50. The van der Waals surface area contributed by atoms with E-state index in [0.717, 1.165) is 17.4 Å². The summed E-state index contributed by atoms with van der Waals surface area (Å²) < 4.78 is 11.5. The lowest BCUT2D eigenvalue weighted by molar-refractivity contribution is -0.143. The predicted octanol–water partition coefficient (Wildman–Crippen LogP) is 2.97. The number of ether oxygens (including phenoxy) is 1. The Hall–Kier alpha value is -1.29. The van der Waals surface area contributed by atoms with Gasteiger partial charge in [0.25, 0.3) is 0 Å². The lowest BCUT2D eigenvalue weighted by Crippen LogP contribution is -2.48. The minimum Gasteiger partial charge on any atom is -0.466 e. The van der Waals surface area contributed by atoms with Gasteiger partial charge in [-0.05, 0) is 38.3 Å². The first-order valence-corrected chi connectivity index (χ1v) is 8.04. The number of amides is 1. The Labute approximate surface area is 126 Å². The summed E-state index contributed by atoms with van der Waals surface area (Å²) in [6, 6.07) is 4.10. The van der Waals surface area contributed by atoms with E-state index in [2.05, 4.69) is 13.0 Å². The molecule has 3 rings (SSSR count). The first-order chi connectivity index (χ1) is 10.0. The molecule has 1 saturated heterocycles. The predicted molar refractivity (Wildman–Crippen MR) is 80.1 cm³/mol. The Morgan fingerprint density at radius 1 is 1.24 bits per heavy atom. The summed E-state index contributed by atoms with van der Waals surface area (Å²) in [5.74, 6) is 3.59. The van der Waals surface area contributed by atoms with E-state index in [9.17, 15) is 4.79 Å². The van der Waals surface area contributed by atoms with Crippen LogP contribution in [0.4, 0.5) is 0 Å². The second kappa shape index (κ2) is 5.84. The van der Waals surface area contributed by atoms with Crippen molar-refractivity contribution in [2.24, 2.45) is 5.92 Å². The van der Waals surface area contributed by atoms with E-state index in [0.29, 0.717) is 31.8 Å². The first-order valence-electron chi connectivity index (χ1n) is 8.04.